The molecule has 0 saturated carbocycles. The maximum Gasteiger partial charge on any atom is 0.134 e. The lowest BCUT2D eigenvalue weighted by atomic mass is 10.1. The molecular formula is C17H19NO3S. The molecule has 22 heavy (non-hydrogen) atoms. The second kappa shape index (κ2) is 8.34. The van der Waals surface area contributed by atoms with E-state index >= 15 is 0 Å². The Morgan fingerprint density at radius 3 is 2.09 bits per heavy atom. The molecule has 0 aromatic heterocycles. The molecule has 2 rings (SSSR count). The van der Waals surface area contributed by atoms with Crippen LogP contribution in [0.4, 0.5) is 0 Å². The zero-order valence-electron chi connectivity index (χ0n) is 12.7. The van der Waals surface area contributed by atoms with E-state index in [1.807, 2.05) is 61.7 Å². The Kier molecular flexibility index (Phi) is 6.15. The number of hydrogen-bond donors (Lipinski definition) is 1. The van der Waals surface area contributed by atoms with Crippen LogP contribution in [0.3, 0.4) is 0 Å². The fourth-order valence-electron chi connectivity index (χ4n) is 1.90. The van der Waals surface area contributed by atoms with E-state index in [1.165, 1.54) is 0 Å². The Balaban J connectivity index is 1.98. The fraction of sp³-hybridized carbons (Fsp3) is 0.235. The third kappa shape index (κ3) is 4.43. The van der Waals surface area contributed by atoms with Crippen LogP contribution >= 0.6 is 11.8 Å². The SMILES string of the molecule is CCOc1ccc(OC/C(=N/O)c2ccc(SC)cc2)cc1. The summed E-state index contributed by atoms with van der Waals surface area (Å²) in [6.45, 7) is 2.77. The number of thioether (sulfide) groups is 1. The van der Waals surface area contributed by atoms with Gasteiger partial charge in [-0.15, -0.1) is 11.8 Å². The van der Waals surface area contributed by atoms with E-state index in [1.54, 1.807) is 11.8 Å². The molecule has 0 heterocycles. The van der Waals surface area contributed by atoms with Gasteiger partial charge in [-0.2, -0.15) is 0 Å². The topological polar surface area (TPSA) is 51.0 Å². The molecule has 0 spiro atoms. The maximum atomic E-state index is 9.18. The zero-order valence-corrected chi connectivity index (χ0v) is 13.5. The van der Waals surface area contributed by atoms with Crippen LogP contribution < -0.4 is 9.47 Å². The molecule has 0 radical (unpaired) electrons. The Labute approximate surface area is 134 Å². The van der Waals surface area contributed by atoms with Gasteiger partial charge in [0.25, 0.3) is 0 Å². The van der Waals surface area contributed by atoms with Crippen LogP contribution in [0.15, 0.2) is 58.6 Å². The van der Waals surface area contributed by atoms with Gasteiger partial charge in [0.05, 0.1) is 6.61 Å². The number of ether oxygens (including phenoxy) is 2. The molecule has 0 amide bonds. The van der Waals surface area contributed by atoms with E-state index in [0.29, 0.717) is 18.1 Å². The molecule has 0 bridgehead atoms. The molecule has 0 aliphatic rings. The molecule has 116 valence electrons. The van der Waals surface area contributed by atoms with Crippen LogP contribution in [0.1, 0.15) is 12.5 Å². The molecule has 1 N–H and O–H groups in total. The summed E-state index contributed by atoms with van der Waals surface area (Å²) in [5.41, 5.74) is 1.33. The molecule has 0 aliphatic heterocycles. The zero-order chi connectivity index (χ0) is 15.8. The van der Waals surface area contributed by atoms with Crippen LogP contribution in [-0.4, -0.2) is 30.4 Å². The lowest BCUT2D eigenvalue weighted by Gasteiger charge is -2.09. The van der Waals surface area contributed by atoms with E-state index in [2.05, 4.69) is 5.16 Å². The first-order chi connectivity index (χ1) is 10.8. The molecule has 2 aromatic carbocycles. The van der Waals surface area contributed by atoms with Gasteiger partial charge in [0.2, 0.25) is 0 Å². The lowest BCUT2D eigenvalue weighted by Crippen LogP contribution is -2.13. The van der Waals surface area contributed by atoms with Crippen LogP contribution in [-0.2, 0) is 0 Å². The molecule has 0 aliphatic carbocycles. The van der Waals surface area contributed by atoms with Crippen molar-refractivity contribution in [2.75, 3.05) is 19.5 Å². The van der Waals surface area contributed by atoms with Gasteiger partial charge in [-0.05, 0) is 49.6 Å². The van der Waals surface area contributed by atoms with E-state index in [9.17, 15) is 5.21 Å². The second-order valence-corrected chi connectivity index (χ2v) is 5.35. The largest absolute Gasteiger partial charge is 0.494 e. The van der Waals surface area contributed by atoms with Crippen molar-refractivity contribution in [3.63, 3.8) is 0 Å². The van der Waals surface area contributed by atoms with Gasteiger partial charge in [0.15, 0.2) is 0 Å². The Bertz CT molecular complexity index is 609. The van der Waals surface area contributed by atoms with Crippen molar-refractivity contribution < 1.29 is 14.7 Å². The molecule has 0 atom stereocenters. The Hall–Kier alpha value is -2.14. The number of nitrogens with zero attached hydrogens (tertiary/aromatic N) is 1. The highest BCUT2D eigenvalue weighted by molar-refractivity contribution is 7.98. The number of oxime groups is 1. The molecule has 2 aromatic rings. The predicted molar refractivity (Wildman–Crippen MR) is 89.7 cm³/mol. The highest BCUT2D eigenvalue weighted by Gasteiger charge is 2.06. The second-order valence-electron chi connectivity index (χ2n) is 4.47. The molecule has 0 fully saturated rings. The predicted octanol–water partition coefficient (Wildman–Crippen LogP) is 4.06. The van der Waals surface area contributed by atoms with Gasteiger partial charge in [0, 0.05) is 10.5 Å². The first-order valence-electron chi connectivity index (χ1n) is 6.97. The minimum Gasteiger partial charge on any atom is -0.494 e. The van der Waals surface area contributed by atoms with Gasteiger partial charge in [-0.3, -0.25) is 0 Å². The summed E-state index contributed by atoms with van der Waals surface area (Å²) in [5, 5.41) is 12.5. The van der Waals surface area contributed by atoms with Gasteiger partial charge >= 0.3 is 0 Å². The third-order valence-corrected chi connectivity index (χ3v) is 3.80. The standard InChI is InChI=1S/C17H19NO3S/c1-3-20-14-6-8-15(9-7-14)21-12-17(18-19)13-4-10-16(22-2)11-5-13/h4-11,19H,3,12H2,1-2H3/b18-17-. The van der Waals surface area contributed by atoms with Crippen LogP contribution in [0.5, 0.6) is 11.5 Å². The summed E-state index contributed by atoms with van der Waals surface area (Å²) >= 11 is 1.67. The number of hydrogen-bond acceptors (Lipinski definition) is 5. The van der Waals surface area contributed by atoms with E-state index in [4.69, 9.17) is 9.47 Å². The third-order valence-electron chi connectivity index (χ3n) is 3.05. The highest BCUT2D eigenvalue weighted by Crippen LogP contribution is 2.19. The molecule has 0 saturated heterocycles. The first-order valence-corrected chi connectivity index (χ1v) is 8.20. The van der Waals surface area contributed by atoms with Gasteiger partial charge in [-0.1, -0.05) is 17.3 Å². The van der Waals surface area contributed by atoms with Crippen molar-refractivity contribution in [1.29, 1.82) is 0 Å². The Morgan fingerprint density at radius 1 is 1.00 bits per heavy atom. The lowest BCUT2D eigenvalue weighted by molar-refractivity contribution is 0.307. The maximum absolute atomic E-state index is 9.18. The monoisotopic (exact) mass is 317 g/mol. The quantitative estimate of drug-likeness (QED) is 0.362. The number of rotatable bonds is 7. The van der Waals surface area contributed by atoms with Crippen molar-refractivity contribution in [2.24, 2.45) is 5.16 Å². The van der Waals surface area contributed by atoms with Crippen molar-refractivity contribution in [3.8, 4) is 11.5 Å². The first kappa shape index (κ1) is 16.2. The molecule has 4 nitrogen and oxygen atoms in total. The van der Waals surface area contributed by atoms with E-state index in [-0.39, 0.29) is 6.61 Å². The van der Waals surface area contributed by atoms with Gasteiger partial charge in [-0.25, -0.2) is 0 Å². The molecular weight excluding hydrogens is 298 g/mol. The summed E-state index contributed by atoms with van der Waals surface area (Å²) in [6, 6.07) is 15.2. The smallest absolute Gasteiger partial charge is 0.134 e. The van der Waals surface area contributed by atoms with Crippen LogP contribution in [0, 0.1) is 0 Å². The van der Waals surface area contributed by atoms with E-state index in [0.717, 1.165) is 16.2 Å². The average molecular weight is 317 g/mol. The Morgan fingerprint density at radius 2 is 1.59 bits per heavy atom. The van der Waals surface area contributed by atoms with Crippen LogP contribution in [0.2, 0.25) is 0 Å². The van der Waals surface area contributed by atoms with Gasteiger partial charge in [0.1, 0.15) is 23.8 Å². The van der Waals surface area contributed by atoms with E-state index < -0.39 is 0 Å². The summed E-state index contributed by atoms with van der Waals surface area (Å²) in [6.07, 6.45) is 2.02. The highest BCUT2D eigenvalue weighted by atomic mass is 32.2. The molecule has 5 heteroatoms. The number of benzene rings is 2. The van der Waals surface area contributed by atoms with Crippen molar-refractivity contribution in [3.05, 3.63) is 54.1 Å². The van der Waals surface area contributed by atoms with Crippen molar-refractivity contribution in [2.45, 2.75) is 11.8 Å². The minimum atomic E-state index is 0.198. The van der Waals surface area contributed by atoms with Crippen molar-refractivity contribution in [1.82, 2.24) is 0 Å². The van der Waals surface area contributed by atoms with Crippen LogP contribution in [0.25, 0.3) is 0 Å². The summed E-state index contributed by atoms with van der Waals surface area (Å²) in [5.74, 6) is 1.50. The molecule has 0 unspecified atom stereocenters. The summed E-state index contributed by atoms with van der Waals surface area (Å²) in [4.78, 5) is 1.16. The summed E-state index contributed by atoms with van der Waals surface area (Å²) < 4.78 is 11.0. The van der Waals surface area contributed by atoms with Gasteiger partial charge < -0.3 is 14.7 Å². The summed E-state index contributed by atoms with van der Waals surface area (Å²) in [7, 11) is 0. The normalized spacial score (nSPS) is 11.3. The average Bonchev–Trinajstić information content (AvgIpc) is 2.58. The minimum absolute atomic E-state index is 0.198. The fourth-order valence-corrected chi connectivity index (χ4v) is 2.31. The van der Waals surface area contributed by atoms with Crippen molar-refractivity contribution >= 4 is 17.5 Å².